The number of hydrogen-bond acceptors (Lipinski definition) is 2. The number of likely N-dealkylation sites (N-methyl/N-ethyl adjacent to an activating group) is 1. The van der Waals surface area contributed by atoms with Crippen molar-refractivity contribution in [3.63, 3.8) is 0 Å². The zero-order valence-corrected chi connectivity index (χ0v) is 10.9. The summed E-state index contributed by atoms with van der Waals surface area (Å²) in [5.41, 5.74) is 0. The molecule has 1 aliphatic carbocycles. The summed E-state index contributed by atoms with van der Waals surface area (Å²) in [6, 6.07) is 0.430. The molecule has 1 amide bonds. The predicted octanol–water partition coefficient (Wildman–Crippen LogP) is 1.93. The minimum atomic E-state index is 0.143. The van der Waals surface area contributed by atoms with Crippen molar-refractivity contribution in [2.75, 3.05) is 13.6 Å². The molecule has 1 rings (SSSR count). The van der Waals surface area contributed by atoms with Crippen molar-refractivity contribution in [3.8, 4) is 0 Å². The molecule has 0 bridgehead atoms. The van der Waals surface area contributed by atoms with Crippen molar-refractivity contribution < 1.29 is 4.79 Å². The van der Waals surface area contributed by atoms with Crippen molar-refractivity contribution >= 4 is 5.91 Å². The quantitative estimate of drug-likeness (QED) is 0.726. The molecule has 3 heteroatoms. The molecule has 0 aromatic rings. The van der Waals surface area contributed by atoms with E-state index < -0.39 is 0 Å². The molecule has 16 heavy (non-hydrogen) atoms. The Balaban J connectivity index is 2.31. The summed E-state index contributed by atoms with van der Waals surface area (Å²) in [6.07, 6.45) is 6.27. The maximum absolute atomic E-state index is 11.5. The van der Waals surface area contributed by atoms with Gasteiger partial charge in [0.05, 0.1) is 6.54 Å². The van der Waals surface area contributed by atoms with Crippen LogP contribution in [0.25, 0.3) is 0 Å². The topological polar surface area (TPSA) is 41.1 Å². The van der Waals surface area contributed by atoms with E-state index in [0.29, 0.717) is 18.5 Å². The van der Waals surface area contributed by atoms with Crippen LogP contribution in [0, 0.1) is 11.8 Å². The van der Waals surface area contributed by atoms with Gasteiger partial charge in [0.15, 0.2) is 0 Å². The summed E-state index contributed by atoms with van der Waals surface area (Å²) in [5, 5.41) is 6.05. The Morgan fingerprint density at radius 1 is 1.38 bits per heavy atom. The van der Waals surface area contributed by atoms with Crippen LogP contribution in [-0.4, -0.2) is 25.5 Å². The number of hydrogen-bond donors (Lipinski definition) is 2. The largest absolute Gasteiger partial charge is 0.352 e. The zero-order chi connectivity index (χ0) is 12.0. The Labute approximate surface area is 99.4 Å². The summed E-state index contributed by atoms with van der Waals surface area (Å²) < 4.78 is 0. The lowest BCUT2D eigenvalue weighted by atomic mass is 9.93. The number of carbonyl (C=O) groups is 1. The highest BCUT2D eigenvalue weighted by atomic mass is 16.1. The number of nitrogens with one attached hydrogen (secondary N) is 2. The summed E-state index contributed by atoms with van der Waals surface area (Å²) in [7, 11) is 1.81. The van der Waals surface area contributed by atoms with E-state index >= 15 is 0 Å². The van der Waals surface area contributed by atoms with Crippen molar-refractivity contribution in [1.82, 2.24) is 10.6 Å². The molecule has 3 nitrogen and oxygen atoms in total. The van der Waals surface area contributed by atoms with Gasteiger partial charge in [-0.15, -0.1) is 0 Å². The third-order valence-electron chi connectivity index (χ3n) is 3.46. The van der Waals surface area contributed by atoms with E-state index in [9.17, 15) is 4.79 Å². The molecule has 1 saturated carbocycles. The zero-order valence-electron chi connectivity index (χ0n) is 10.9. The molecule has 0 radical (unpaired) electrons. The van der Waals surface area contributed by atoms with Gasteiger partial charge in [-0.3, -0.25) is 4.79 Å². The smallest absolute Gasteiger partial charge is 0.234 e. The first kappa shape index (κ1) is 13.5. The Kier molecular flexibility index (Phi) is 5.81. The van der Waals surface area contributed by atoms with E-state index in [1.165, 1.54) is 25.7 Å². The standard InChI is InChI=1S/C13H26N2O/c1-10(2)7-8-11-5-4-6-12(11)15-13(16)9-14-3/h10-12,14H,4-9H2,1-3H3,(H,15,16). The lowest BCUT2D eigenvalue weighted by Gasteiger charge is -2.21. The SMILES string of the molecule is CNCC(=O)NC1CCCC1CCC(C)C. The van der Waals surface area contributed by atoms with E-state index in [-0.39, 0.29) is 5.91 Å². The van der Waals surface area contributed by atoms with E-state index in [1.807, 2.05) is 7.05 Å². The van der Waals surface area contributed by atoms with Gasteiger partial charge in [0.2, 0.25) is 5.91 Å². The maximum Gasteiger partial charge on any atom is 0.234 e. The van der Waals surface area contributed by atoms with Crippen LogP contribution in [0.5, 0.6) is 0 Å². The molecule has 0 aromatic heterocycles. The van der Waals surface area contributed by atoms with E-state index in [4.69, 9.17) is 0 Å². The van der Waals surface area contributed by atoms with Gasteiger partial charge in [-0.1, -0.05) is 26.7 Å². The molecular formula is C13H26N2O. The highest BCUT2D eigenvalue weighted by Gasteiger charge is 2.27. The Hall–Kier alpha value is -0.570. The van der Waals surface area contributed by atoms with Crippen LogP contribution >= 0.6 is 0 Å². The second kappa shape index (κ2) is 6.89. The average molecular weight is 226 g/mol. The predicted molar refractivity (Wildman–Crippen MR) is 67.3 cm³/mol. The van der Waals surface area contributed by atoms with Crippen molar-refractivity contribution in [2.45, 2.75) is 52.0 Å². The summed E-state index contributed by atoms with van der Waals surface area (Å²) in [6.45, 7) is 4.97. The van der Waals surface area contributed by atoms with Crippen LogP contribution in [0.1, 0.15) is 46.0 Å². The van der Waals surface area contributed by atoms with E-state index in [1.54, 1.807) is 0 Å². The van der Waals surface area contributed by atoms with Crippen LogP contribution in [0.4, 0.5) is 0 Å². The second-order valence-corrected chi connectivity index (χ2v) is 5.37. The Bertz CT molecular complexity index is 216. The van der Waals surface area contributed by atoms with Crippen molar-refractivity contribution in [2.24, 2.45) is 11.8 Å². The molecule has 1 fully saturated rings. The molecule has 0 aliphatic heterocycles. The van der Waals surface area contributed by atoms with Gasteiger partial charge in [-0.2, -0.15) is 0 Å². The molecule has 0 aromatic carbocycles. The summed E-state index contributed by atoms with van der Waals surface area (Å²) in [5.74, 6) is 1.63. The van der Waals surface area contributed by atoms with Gasteiger partial charge in [-0.05, 0) is 38.1 Å². The van der Waals surface area contributed by atoms with Gasteiger partial charge in [-0.25, -0.2) is 0 Å². The van der Waals surface area contributed by atoms with Crippen LogP contribution < -0.4 is 10.6 Å². The molecule has 2 unspecified atom stereocenters. The van der Waals surface area contributed by atoms with Crippen LogP contribution in [-0.2, 0) is 4.79 Å². The Morgan fingerprint density at radius 2 is 2.12 bits per heavy atom. The van der Waals surface area contributed by atoms with Gasteiger partial charge in [0, 0.05) is 6.04 Å². The normalized spacial score (nSPS) is 25.0. The number of rotatable bonds is 6. The highest BCUT2D eigenvalue weighted by Crippen LogP contribution is 2.30. The first-order chi connectivity index (χ1) is 7.63. The third kappa shape index (κ3) is 4.52. The summed E-state index contributed by atoms with van der Waals surface area (Å²) in [4.78, 5) is 11.5. The molecule has 94 valence electrons. The van der Waals surface area contributed by atoms with Crippen LogP contribution in [0.2, 0.25) is 0 Å². The maximum atomic E-state index is 11.5. The van der Waals surface area contributed by atoms with Gasteiger partial charge in [0.25, 0.3) is 0 Å². The molecule has 0 saturated heterocycles. The Morgan fingerprint density at radius 3 is 2.75 bits per heavy atom. The fraction of sp³-hybridized carbons (Fsp3) is 0.923. The third-order valence-corrected chi connectivity index (χ3v) is 3.46. The minimum Gasteiger partial charge on any atom is -0.352 e. The lowest BCUT2D eigenvalue weighted by molar-refractivity contribution is -0.121. The van der Waals surface area contributed by atoms with Crippen molar-refractivity contribution in [3.05, 3.63) is 0 Å². The molecule has 0 heterocycles. The molecule has 2 atom stereocenters. The van der Waals surface area contributed by atoms with Crippen molar-refractivity contribution in [1.29, 1.82) is 0 Å². The first-order valence-corrected chi connectivity index (χ1v) is 6.57. The first-order valence-electron chi connectivity index (χ1n) is 6.57. The fourth-order valence-corrected chi connectivity index (χ4v) is 2.54. The fourth-order valence-electron chi connectivity index (χ4n) is 2.54. The van der Waals surface area contributed by atoms with E-state index in [2.05, 4.69) is 24.5 Å². The number of carbonyl (C=O) groups excluding carboxylic acids is 1. The van der Waals surface area contributed by atoms with Crippen LogP contribution in [0.15, 0.2) is 0 Å². The van der Waals surface area contributed by atoms with Gasteiger partial charge >= 0.3 is 0 Å². The minimum absolute atomic E-state index is 0.143. The number of amides is 1. The monoisotopic (exact) mass is 226 g/mol. The van der Waals surface area contributed by atoms with Gasteiger partial charge in [0.1, 0.15) is 0 Å². The average Bonchev–Trinajstić information content (AvgIpc) is 2.62. The van der Waals surface area contributed by atoms with Crippen LogP contribution in [0.3, 0.4) is 0 Å². The summed E-state index contributed by atoms with van der Waals surface area (Å²) >= 11 is 0. The molecule has 1 aliphatic rings. The lowest BCUT2D eigenvalue weighted by Crippen LogP contribution is -2.41. The van der Waals surface area contributed by atoms with Gasteiger partial charge < -0.3 is 10.6 Å². The molecule has 2 N–H and O–H groups in total. The highest BCUT2D eigenvalue weighted by molar-refractivity contribution is 5.78. The second-order valence-electron chi connectivity index (χ2n) is 5.37. The van der Waals surface area contributed by atoms with E-state index in [0.717, 1.165) is 12.3 Å². The molecular weight excluding hydrogens is 200 g/mol. The molecule has 0 spiro atoms.